The molecule has 2 heterocycles. The number of aromatic amines is 1. The number of Topliss-reactive ketones (excluding diaryl/α,β-unsaturated/α-hetero) is 1. The highest BCUT2D eigenvalue weighted by atomic mass is 16.1. The van der Waals surface area contributed by atoms with Crippen molar-refractivity contribution in [1.82, 2.24) is 15.0 Å². The average molecular weight is 336 g/mol. The minimum Gasteiger partial charge on any atom is -0.344 e. The van der Waals surface area contributed by atoms with E-state index in [1.54, 1.807) is 12.4 Å². The third kappa shape index (κ3) is 3.42. The molecule has 25 heavy (non-hydrogen) atoms. The van der Waals surface area contributed by atoms with Gasteiger partial charge in [-0.15, -0.1) is 0 Å². The summed E-state index contributed by atoms with van der Waals surface area (Å²) < 4.78 is 0. The van der Waals surface area contributed by atoms with Crippen molar-refractivity contribution >= 4 is 28.5 Å². The maximum atomic E-state index is 12.6. The molecule has 6 nitrogen and oxygen atoms in total. The molecule has 1 aromatic carbocycles. The Balaban J connectivity index is 2.07. The van der Waals surface area contributed by atoms with Crippen molar-refractivity contribution in [2.24, 2.45) is 5.41 Å². The smallest absolute Gasteiger partial charge is 0.221 e. The summed E-state index contributed by atoms with van der Waals surface area (Å²) in [6, 6.07) is 7.36. The number of H-pyrrole nitrogens is 1. The number of anilines is 1. The summed E-state index contributed by atoms with van der Waals surface area (Å²) in [7, 11) is 0. The maximum Gasteiger partial charge on any atom is 0.221 e. The molecule has 0 fully saturated rings. The van der Waals surface area contributed by atoms with Gasteiger partial charge in [0.1, 0.15) is 5.52 Å². The van der Waals surface area contributed by atoms with Crippen LogP contribution in [0.2, 0.25) is 0 Å². The number of nitrogens with one attached hydrogen (secondary N) is 2. The molecule has 3 rings (SSSR count). The van der Waals surface area contributed by atoms with Gasteiger partial charge in [-0.2, -0.15) is 0 Å². The lowest BCUT2D eigenvalue weighted by atomic mass is 9.87. The van der Waals surface area contributed by atoms with Crippen LogP contribution in [0.5, 0.6) is 0 Å². The van der Waals surface area contributed by atoms with Gasteiger partial charge >= 0.3 is 0 Å². The monoisotopic (exact) mass is 336 g/mol. The van der Waals surface area contributed by atoms with E-state index >= 15 is 0 Å². The Kier molecular flexibility index (Phi) is 4.12. The van der Waals surface area contributed by atoms with E-state index in [1.165, 1.54) is 6.92 Å². The highest BCUT2D eigenvalue weighted by molar-refractivity contribution is 6.08. The molecule has 0 unspecified atom stereocenters. The molecule has 128 valence electrons. The van der Waals surface area contributed by atoms with Gasteiger partial charge in [-0.05, 0) is 12.1 Å². The van der Waals surface area contributed by atoms with E-state index in [9.17, 15) is 9.59 Å². The van der Waals surface area contributed by atoms with Crippen LogP contribution in [0.4, 0.5) is 5.69 Å². The fourth-order valence-corrected chi connectivity index (χ4v) is 2.57. The zero-order chi connectivity index (χ0) is 18.2. The van der Waals surface area contributed by atoms with Crippen LogP contribution in [0.3, 0.4) is 0 Å². The van der Waals surface area contributed by atoms with Crippen LogP contribution in [0.25, 0.3) is 22.4 Å². The first-order chi connectivity index (χ1) is 11.8. The molecule has 0 saturated heterocycles. The Morgan fingerprint density at radius 1 is 1.20 bits per heavy atom. The molecule has 0 atom stereocenters. The Bertz CT molecular complexity index is 967. The number of ketones is 1. The van der Waals surface area contributed by atoms with Crippen molar-refractivity contribution in [3.05, 3.63) is 42.2 Å². The average Bonchev–Trinajstić information content (AvgIpc) is 2.95. The summed E-state index contributed by atoms with van der Waals surface area (Å²) in [6.45, 7) is 7.09. The van der Waals surface area contributed by atoms with Crippen molar-refractivity contribution in [1.29, 1.82) is 0 Å². The second-order valence-electron chi connectivity index (χ2n) is 7.00. The molecule has 0 spiro atoms. The van der Waals surface area contributed by atoms with E-state index in [-0.39, 0.29) is 11.7 Å². The summed E-state index contributed by atoms with van der Waals surface area (Å²) in [5.41, 5.74) is 3.31. The van der Waals surface area contributed by atoms with E-state index in [0.717, 1.165) is 5.56 Å². The van der Waals surface area contributed by atoms with E-state index in [4.69, 9.17) is 0 Å². The van der Waals surface area contributed by atoms with E-state index < -0.39 is 5.41 Å². The Hall–Kier alpha value is -3.02. The van der Waals surface area contributed by atoms with Gasteiger partial charge in [0.15, 0.2) is 11.4 Å². The van der Waals surface area contributed by atoms with Gasteiger partial charge < -0.3 is 10.3 Å². The lowest BCUT2D eigenvalue weighted by Crippen LogP contribution is -2.20. The Labute approximate surface area is 145 Å². The van der Waals surface area contributed by atoms with Crippen LogP contribution in [0.15, 0.2) is 36.7 Å². The molecule has 0 radical (unpaired) electrons. The minimum atomic E-state index is -0.502. The number of hydrogen-bond donors (Lipinski definition) is 2. The van der Waals surface area contributed by atoms with E-state index in [0.29, 0.717) is 28.1 Å². The number of benzene rings is 1. The molecular weight excluding hydrogens is 316 g/mol. The van der Waals surface area contributed by atoms with Crippen molar-refractivity contribution in [2.75, 3.05) is 5.32 Å². The number of fused-ring (bicyclic) bond motifs is 1. The van der Waals surface area contributed by atoms with E-state index in [1.807, 2.05) is 45.0 Å². The summed E-state index contributed by atoms with van der Waals surface area (Å²) >= 11 is 0. The molecule has 1 amide bonds. The standard InChI is InChI=1S/C19H20N4O2/c1-11(24)22-13-7-5-6-12(8-13)15-10-21-18-16(23-15)14(9-20-18)17(25)19(2,3)4/h5-10H,1-4H3,(H,20,21)(H,22,24). The topological polar surface area (TPSA) is 87.7 Å². The fourth-order valence-electron chi connectivity index (χ4n) is 2.57. The number of hydrogen-bond acceptors (Lipinski definition) is 4. The first-order valence-corrected chi connectivity index (χ1v) is 8.02. The third-order valence-corrected chi connectivity index (χ3v) is 3.79. The summed E-state index contributed by atoms with van der Waals surface area (Å²) in [6.07, 6.45) is 3.31. The van der Waals surface area contributed by atoms with Gasteiger partial charge in [-0.25, -0.2) is 9.97 Å². The SMILES string of the molecule is CC(=O)Nc1cccc(-c2cnc3[nH]cc(C(=O)C(C)(C)C)c3n2)c1. The second-order valence-corrected chi connectivity index (χ2v) is 7.00. The molecule has 2 aromatic heterocycles. The van der Waals surface area contributed by atoms with Gasteiger partial charge in [-0.3, -0.25) is 9.59 Å². The van der Waals surface area contributed by atoms with Gasteiger partial charge in [0.25, 0.3) is 0 Å². The molecule has 6 heteroatoms. The molecule has 0 saturated carbocycles. The lowest BCUT2D eigenvalue weighted by molar-refractivity contribution is -0.114. The molecule has 0 aliphatic heterocycles. The van der Waals surface area contributed by atoms with Crippen LogP contribution in [-0.2, 0) is 4.79 Å². The lowest BCUT2D eigenvalue weighted by Gasteiger charge is -2.15. The van der Waals surface area contributed by atoms with Gasteiger partial charge in [0.2, 0.25) is 5.91 Å². The number of rotatable bonds is 3. The Morgan fingerprint density at radius 2 is 1.96 bits per heavy atom. The molecule has 0 bridgehead atoms. The fraction of sp³-hybridized carbons (Fsp3) is 0.263. The van der Waals surface area contributed by atoms with Crippen LogP contribution < -0.4 is 5.32 Å². The number of aromatic nitrogens is 3. The number of carbonyl (C=O) groups excluding carboxylic acids is 2. The van der Waals surface area contributed by atoms with Gasteiger partial charge in [-0.1, -0.05) is 32.9 Å². The van der Waals surface area contributed by atoms with Gasteiger partial charge in [0, 0.05) is 29.8 Å². The van der Waals surface area contributed by atoms with Crippen LogP contribution in [-0.4, -0.2) is 26.6 Å². The zero-order valence-electron chi connectivity index (χ0n) is 14.7. The highest BCUT2D eigenvalue weighted by Gasteiger charge is 2.26. The van der Waals surface area contributed by atoms with Crippen molar-refractivity contribution in [2.45, 2.75) is 27.7 Å². The number of nitrogens with zero attached hydrogens (tertiary/aromatic N) is 2. The molecule has 0 aliphatic rings. The quantitative estimate of drug-likeness (QED) is 0.712. The van der Waals surface area contributed by atoms with Gasteiger partial charge in [0.05, 0.1) is 17.5 Å². The molecule has 0 aliphatic carbocycles. The van der Waals surface area contributed by atoms with Crippen LogP contribution >= 0.6 is 0 Å². The Morgan fingerprint density at radius 3 is 2.64 bits per heavy atom. The number of carbonyl (C=O) groups is 2. The summed E-state index contributed by atoms with van der Waals surface area (Å²) in [4.78, 5) is 35.9. The summed E-state index contributed by atoms with van der Waals surface area (Å²) in [5, 5.41) is 2.75. The maximum absolute atomic E-state index is 12.6. The predicted molar refractivity (Wildman–Crippen MR) is 97.4 cm³/mol. The van der Waals surface area contributed by atoms with Crippen molar-refractivity contribution in [3.8, 4) is 11.3 Å². The summed E-state index contributed by atoms with van der Waals surface area (Å²) in [5.74, 6) is -0.125. The van der Waals surface area contributed by atoms with Crippen LogP contribution in [0, 0.1) is 5.41 Å². The largest absolute Gasteiger partial charge is 0.344 e. The van der Waals surface area contributed by atoms with E-state index in [2.05, 4.69) is 20.3 Å². The molecular formula is C19H20N4O2. The van der Waals surface area contributed by atoms with Crippen molar-refractivity contribution in [3.63, 3.8) is 0 Å². The van der Waals surface area contributed by atoms with Crippen LogP contribution in [0.1, 0.15) is 38.1 Å². The minimum absolute atomic E-state index is 0.0113. The normalized spacial score (nSPS) is 11.5. The first-order valence-electron chi connectivity index (χ1n) is 8.02. The zero-order valence-corrected chi connectivity index (χ0v) is 14.7. The predicted octanol–water partition coefficient (Wildman–Crippen LogP) is 3.81. The molecule has 2 N–H and O–H groups in total. The third-order valence-electron chi connectivity index (χ3n) is 3.79. The van der Waals surface area contributed by atoms with Crippen molar-refractivity contribution < 1.29 is 9.59 Å². The molecule has 3 aromatic rings. The first kappa shape index (κ1) is 16.8. The second kappa shape index (κ2) is 6.12. The highest BCUT2D eigenvalue weighted by Crippen LogP contribution is 2.27. The number of amides is 1.